The Morgan fingerprint density at radius 2 is 2.07 bits per heavy atom. The van der Waals surface area contributed by atoms with Gasteiger partial charge in [-0.3, -0.25) is 0 Å². The molecular formula is C12H15N3. The molecule has 1 unspecified atom stereocenters. The molecule has 15 heavy (non-hydrogen) atoms. The van der Waals surface area contributed by atoms with E-state index in [4.69, 9.17) is 5.73 Å². The molecule has 0 aliphatic carbocycles. The number of rotatable bonds is 2. The number of benzene rings is 1. The molecule has 2 aromatic rings. The van der Waals surface area contributed by atoms with Gasteiger partial charge in [0, 0.05) is 18.4 Å². The number of hydrogen-bond acceptors (Lipinski definition) is 2. The molecule has 1 aromatic heterocycles. The van der Waals surface area contributed by atoms with Crippen molar-refractivity contribution in [2.45, 2.75) is 19.9 Å². The molecule has 0 saturated heterocycles. The Labute approximate surface area is 89.6 Å². The molecule has 0 bridgehead atoms. The van der Waals surface area contributed by atoms with Crippen molar-refractivity contribution in [3.63, 3.8) is 0 Å². The van der Waals surface area contributed by atoms with Crippen LogP contribution in [0.2, 0.25) is 0 Å². The first-order valence-corrected chi connectivity index (χ1v) is 5.05. The van der Waals surface area contributed by atoms with Crippen molar-refractivity contribution in [2.75, 3.05) is 0 Å². The van der Waals surface area contributed by atoms with E-state index in [0.717, 1.165) is 17.1 Å². The van der Waals surface area contributed by atoms with Crippen LogP contribution in [0.3, 0.4) is 0 Å². The lowest BCUT2D eigenvalue weighted by Gasteiger charge is -2.14. The highest BCUT2D eigenvalue weighted by atomic mass is 15.1. The molecule has 78 valence electrons. The number of aryl methyl sites for hydroxylation is 1. The van der Waals surface area contributed by atoms with Crippen LogP contribution in [0.5, 0.6) is 0 Å². The topological polar surface area (TPSA) is 43.8 Å². The van der Waals surface area contributed by atoms with E-state index in [1.807, 2.05) is 32.2 Å². The van der Waals surface area contributed by atoms with E-state index in [9.17, 15) is 0 Å². The molecular weight excluding hydrogens is 186 g/mol. The summed E-state index contributed by atoms with van der Waals surface area (Å²) >= 11 is 0. The lowest BCUT2D eigenvalue weighted by molar-refractivity contribution is 0.799. The molecule has 0 saturated carbocycles. The van der Waals surface area contributed by atoms with Gasteiger partial charge in [-0.05, 0) is 25.5 Å². The van der Waals surface area contributed by atoms with Crippen LogP contribution in [0.1, 0.15) is 24.4 Å². The second-order valence-corrected chi connectivity index (χ2v) is 3.69. The lowest BCUT2D eigenvalue weighted by Crippen LogP contribution is -2.10. The van der Waals surface area contributed by atoms with Crippen molar-refractivity contribution in [1.82, 2.24) is 9.55 Å². The van der Waals surface area contributed by atoms with Gasteiger partial charge in [0.2, 0.25) is 0 Å². The second-order valence-electron chi connectivity index (χ2n) is 3.69. The number of aromatic nitrogens is 2. The molecule has 0 radical (unpaired) electrons. The standard InChI is InChI=1S/C12H15N3/c1-9(13)11-5-3-4-6-12(11)15-8-7-14-10(15)2/h3-9H,13H2,1-2H3. The van der Waals surface area contributed by atoms with Gasteiger partial charge < -0.3 is 10.3 Å². The van der Waals surface area contributed by atoms with Crippen molar-refractivity contribution in [3.8, 4) is 5.69 Å². The summed E-state index contributed by atoms with van der Waals surface area (Å²) in [5.41, 5.74) is 8.19. The third kappa shape index (κ3) is 1.78. The lowest BCUT2D eigenvalue weighted by atomic mass is 10.1. The smallest absolute Gasteiger partial charge is 0.110 e. The van der Waals surface area contributed by atoms with Gasteiger partial charge in [0.05, 0.1) is 5.69 Å². The van der Waals surface area contributed by atoms with E-state index in [1.165, 1.54) is 0 Å². The van der Waals surface area contributed by atoms with Crippen LogP contribution in [0, 0.1) is 6.92 Å². The van der Waals surface area contributed by atoms with Crippen molar-refractivity contribution in [2.24, 2.45) is 5.73 Å². The highest BCUT2D eigenvalue weighted by Gasteiger charge is 2.08. The van der Waals surface area contributed by atoms with Crippen molar-refractivity contribution < 1.29 is 0 Å². The van der Waals surface area contributed by atoms with Gasteiger partial charge in [0.25, 0.3) is 0 Å². The van der Waals surface area contributed by atoms with Crippen LogP contribution >= 0.6 is 0 Å². The molecule has 1 aromatic carbocycles. The Bertz CT molecular complexity index is 457. The summed E-state index contributed by atoms with van der Waals surface area (Å²) in [5, 5.41) is 0. The highest BCUT2D eigenvalue weighted by molar-refractivity contribution is 5.43. The van der Waals surface area contributed by atoms with E-state index in [-0.39, 0.29) is 6.04 Å². The van der Waals surface area contributed by atoms with Gasteiger partial charge in [0.15, 0.2) is 0 Å². The summed E-state index contributed by atoms with van der Waals surface area (Å²) in [4.78, 5) is 4.22. The van der Waals surface area contributed by atoms with Gasteiger partial charge in [-0.15, -0.1) is 0 Å². The number of hydrogen-bond donors (Lipinski definition) is 1. The predicted molar refractivity (Wildman–Crippen MR) is 60.9 cm³/mol. The Hall–Kier alpha value is -1.61. The van der Waals surface area contributed by atoms with Gasteiger partial charge in [-0.25, -0.2) is 4.98 Å². The minimum Gasteiger partial charge on any atom is -0.324 e. The third-order valence-electron chi connectivity index (χ3n) is 2.51. The molecule has 2 N–H and O–H groups in total. The van der Waals surface area contributed by atoms with Crippen molar-refractivity contribution in [1.29, 1.82) is 0 Å². The minimum atomic E-state index is 0.0306. The number of nitrogens with two attached hydrogens (primary N) is 1. The van der Waals surface area contributed by atoms with Crippen LogP contribution in [-0.4, -0.2) is 9.55 Å². The summed E-state index contributed by atoms with van der Waals surface area (Å²) in [7, 11) is 0. The number of imidazole rings is 1. The normalized spacial score (nSPS) is 12.7. The maximum absolute atomic E-state index is 5.94. The van der Waals surface area contributed by atoms with Crippen LogP contribution in [0.15, 0.2) is 36.7 Å². The van der Waals surface area contributed by atoms with E-state index < -0.39 is 0 Å². The van der Waals surface area contributed by atoms with E-state index in [0.29, 0.717) is 0 Å². The second kappa shape index (κ2) is 3.87. The van der Waals surface area contributed by atoms with Gasteiger partial charge in [0.1, 0.15) is 5.82 Å². The zero-order chi connectivity index (χ0) is 10.8. The summed E-state index contributed by atoms with van der Waals surface area (Å²) in [6.45, 7) is 3.98. The Morgan fingerprint density at radius 1 is 1.33 bits per heavy atom. The average Bonchev–Trinajstić information content (AvgIpc) is 2.64. The van der Waals surface area contributed by atoms with E-state index in [2.05, 4.69) is 21.7 Å². The van der Waals surface area contributed by atoms with Crippen LogP contribution in [-0.2, 0) is 0 Å². The number of para-hydroxylation sites is 1. The molecule has 0 spiro atoms. The summed E-state index contributed by atoms with van der Waals surface area (Å²) in [6, 6.07) is 8.17. The van der Waals surface area contributed by atoms with Crippen molar-refractivity contribution in [3.05, 3.63) is 48.0 Å². The Balaban J connectivity index is 2.58. The van der Waals surface area contributed by atoms with Crippen LogP contribution in [0.4, 0.5) is 0 Å². The first-order valence-electron chi connectivity index (χ1n) is 5.05. The molecule has 1 atom stereocenters. The molecule has 0 amide bonds. The molecule has 3 nitrogen and oxygen atoms in total. The predicted octanol–water partition coefficient (Wildman–Crippen LogP) is 2.20. The first-order chi connectivity index (χ1) is 7.20. The van der Waals surface area contributed by atoms with Crippen LogP contribution in [0.25, 0.3) is 5.69 Å². The first kappa shape index (κ1) is 9.93. The molecule has 3 heteroatoms. The molecule has 0 fully saturated rings. The van der Waals surface area contributed by atoms with Gasteiger partial charge >= 0.3 is 0 Å². The van der Waals surface area contributed by atoms with Gasteiger partial charge in [-0.1, -0.05) is 18.2 Å². The fraction of sp³-hybridized carbons (Fsp3) is 0.250. The van der Waals surface area contributed by atoms with Crippen LogP contribution < -0.4 is 5.73 Å². The van der Waals surface area contributed by atoms with E-state index in [1.54, 1.807) is 6.20 Å². The fourth-order valence-corrected chi connectivity index (χ4v) is 1.72. The Kier molecular flexibility index (Phi) is 2.56. The maximum atomic E-state index is 5.94. The van der Waals surface area contributed by atoms with E-state index >= 15 is 0 Å². The van der Waals surface area contributed by atoms with Crippen molar-refractivity contribution >= 4 is 0 Å². The number of nitrogens with zero attached hydrogens (tertiary/aromatic N) is 2. The summed E-state index contributed by atoms with van der Waals surface area (Å²) in [6.07, 6.45) is 3.75. The molecule has 2 rings (SSSR count). The quantitative estimate of drug-likeness (QED) is 0.809. The molecule has 1 heterocycles. The zero-order valence-electron chi connectivity index (χ0n) is 9.01. The minimum absolute atomic E-state index is 0.0306. The summed E-state index contributed by atoms with van der Waals surface area (Å²) < 4.78 is 2.05. The monoisotopic (exact) mass is 201 g/mol. The highest BCUT2D eigenvalue weighted by Crippen LogP contribution is 2.20. The molecule has 0 aliphatic rings. The SMILES string of the molecule is Cc1nccn1-c1ccccc1C(C)N. The zero-order valence-corrected chi connectivity index (χ0v) is 9.01. The average molecular weight is 201 g/mol. The van der Waals surface area contributed by atoms with Gasteiger partial charge in [-0.2, -0.15) is 0 Å². The fourth-order valence-electron chi connectivity index (χ4n) is 1.72. The maximum Gasteiger partial charge on any atom is 0.110 e. The molecule has 0 aliphatic heterocycles. The third-order valence-corrected chi connectivity index (χ3v) is 2.51. The Morgan fingerprint density at radius 3 is 2.67 bits per heavy atom. The summed E-state index contributed by atoms with van der Waals surface area (Å²) in [5.74, 6) is 0.975. The largest absolute Gasteiger partial charge is 0.324 e.